The first kappa shape index (κ1) is 12.2. The highest BCUT2D eigenvalue weighted by Gasteiger charge is 2.14. The summed E-state index contributed by atoms with van der Waals surface area (Å²) in [5.74, 6) is 1.02. The second-order valence-electron chi connectivity index (χ2n) is 5.21. The predicted molar refractivity (Wildman–Crippen MR) is 77.5 cm³/mol. The van der Waals surface area contributed by atoms with Crippen LogP contribution in [0.25, 0.3) is 0 Å². The van der Waals surface area contributed by atoms with Crippen LogP contribution in [-0.4, -0.2) is 6.61 Å². The summed E-state index contributed by atoms with van der Waals surface area (Å²) in [6, 6.07) is 14.7. The van der Waals surface area contributed by atoms with Crippen LogP contribution in [-0.2, 0) is 6.42 Å². The fourth-order valence-corrected chi connectivity index (χ4v) is 2.54. The Hall–Kier alpha value is -1.80. The first-order valence-corrected chi connectivity index (χ1v) is 6.82. The largest absolute Gasteiger partial charge is 0.493 e. The molecule has 2 heteroatoms. The molecule has 2 aromatic rings. The van der Waals surface area contributed by atoms with Gasteiger partial charge in [0.1, 0.15) is 5.75 Å². The van der Waals surface area contributed by atoms with E-state index < -0.39 is 0 Å². The van der Waals surface area contributed by atoms with Crippen LogP contribution < -0.4 is 10.5 Å². The second kappa shape index (κ2) is 5.06. The molecule has 2 N–H and O–H groups in total. The minimum Gasteiger partial charge on any atom is -0.493 e. The third-order valence-electron chi connectivity index (χ3n) is 3.73. The van der Waals surface area contributed by atoms with Crippen molar-refractivity contribution < 1.29 is 4.74 Å². The molecule has 0 saturated carbocycles. The van der Waals surface area contributed by atoms with Gasteiger partial charge in [-0.05, 0) is 42.5 Å². The SMILES string of the molecule is Cc1ccc(C(N)c2ccc3c(c2)CCCO3)cc1. The standard InChI is InChI=1S/C17H19NO/c1-12-4-6-13(7-5-12)17(18)15-8-9-16-14(11-15)3-2-10-19-16/h4-9,11,17H,2-3,10,18H2,1H3. The zero-order chi connectivity index (χ0) is 13.2. The van der Waals surface area contributed by atoms with Crippen LogP contribution in [0.4, 0.5) is 0 Å². The molecule has 1 atom stereocenters. The first-order chi connectivity index (χ1) is 9.24. The van der Waals surface area contributed by atoms with Crippen molar-refractivity contribution >= 4 is 0 Å². The maximum atomic E-state index is 6.36. The zero-order valence-electron chi connectivity index (χ0n) is 11.2. The lowest BCUT2D eigenvalue weighted by Crippen LogP contribution is -2.14. The van der Waals surface area contributed by atoms with E-state index in [0.29, 0.717) is 0 Å². The van der Waals surface area contributed by atoms with E-state index in [-0.39, 0.29) is 6.04 Å². The second-order valence-corrected chi connectivity index (χ2v) is 5.21. The van der Waals surface area contributed by atoms with Gasteiger partial charge in [-0.15, -0.1) is 0 Å². The Morgan fingerprint density at radius 2 is 1.79 bits per heavy atom. The van der Waals surface area contributed by atoms with Crippen molar-refractivity contribution in [2.24, 2.45) is 5.73 Å². The van der Waals surface area contributed by atoms with E-state index in [2.05, 4.69) is 49.4 Å². The van der Waals surface area contributed by atoms with E-state index in [9.17, 15) is 0 Å². The lowest BCUT2D eigenvalue weighted by molar-refractivity contribution is 0.288. The Labute approximate surface area is 114 Å². The maximum Gasteiger partial charge on any atom is 0.122 e. The molecule has 1 aliphatic rings. The minimum absolute atomic E-state index is 0.0622. The summed E-state index contributed by atoms with van der Waals surface area (Å²) in [6.07, 6.45) is 2.18. The molecular formula is C17H19NO. The van der Waals surface area contributed by atoms with Crippen LogP contribution in [0.15, 0.2) is 42.5 Å². The molecule has 2 nitrogen and oxygen atoms in total. The molecule has 2 aromatic carbocycles. The highest BCUT2D eigenvalue weighted by Crippen LogP contribution is 2.29. The van der Waals surface area contributed by atoms with Gasteiger partial charge in [-0.25, -0.2) is 0 Å². The Kier molecular flexibility index (Phi) is 3.26. The number of fused-ring (bicyclic) bond motifs is 1. The summed E-state index contributed by atoms with van der Waals surface area (Å²) in [6.45, 7) is 2.92. The number of nitrogens with two attached hydrogens (primary N) is 1. The van der Waals surface area contributed by atoms with Crippen LogP contribution in [0.3, 0.4) is 0 Å². The summed E-state index contributed by atoms with van der Waals surface area (Å²) in [5.41, 5.74) is 11.2. The number of hydrogen-bond acceptors (Lipinski definition) is 2. The van der Waals surface area contributed by atoms with Gasteiger partial charge < -0.3 is 10.5 Å². The lowest BCUT2D eigenvalue weighted by Gasteiger charge is -2.20. The van der Waals surface area contributed by atoms with E-state index >= 15 is 0 Å². The van der Waals surface area contributed by atoms with Gasteiger partial charge in [-0.1, -0.05) is 42.0 Å². The molecule has 0 aliphatic carbocycles. The molecule has 1 aliphatic heterocycles. The highest BCUT2D eigenvalue weighted by molar-refractivity contribution is 5.42. The first-order valence-electron chi connectivity index (χ1n) is 6.82. The van der Waals surface area contributed by atoms with Crippen molar-refractivity contribution in [1.29, 1.82) is 0 Å². The van der Waals surface area contributed by atoms with Gasteiger partial charge in [0.15, 0.2) is 0 Å². The fraction of sp³-hybridized carbons (Fsp3) is 0.294. The van der Waals surface area contributed by atoms with E-state index in [0.717, 1.165) is 36.3 Å². The zero-order valence-corrected chi connectivity index (χ0v) is 11.2. The molecule has 3 rings (SSSR count). The molecule has 0 fully saturated rings. The van der Waals surface area contributed by atoms with Gasteiger partial charge in [0, 0.05) is 0 Å². The van der Waals surface area contributed by atoms with Crippen molar-refractivity contribution in [1.82, 2.24) is 0 Å². The third-order valence-corrected chi connectivity index (χ3v) is 3.73. The summed E-state index contributed by atoms with van der Waals surface area (Å²) < 4.78 is 5.64. The number of aryl methyl sites for hydroxylation is 2. The molecule has 1 heterocycles. The summed E-state index contributed by atoms with van der Waals surface area (Å²) in [4.78, 5) is 0. The molecule has 0 amide bonds. The molecule has 0 spiro atoms. The molecule has 0 radical (unpaired) electrons. The van der Waals surface area contributed by atoms with E-state index in [1.165, 1.54) is 11.1 Å². The van der Waals surface area contributed by atoms with Gasteiger partial charge in [-0.2, -0.15) is 0 Å². The number of ether oxygens (including phenoxy) is 1. The normalized spacial score (nSPS) is 15.5. The number of hydrogen-bond donors (Lipinski definition) is 1. The maximum absolute atomic E-state index is 6.36. The Bertz CT molecular complexity index is 574. The Morgan fingerprint density at radius 1 is 1.05 bits per heavy atom. The molecular weight excluding hydrogens is 234 g/mol. The van der Waals surface area contributed by atoms with Crippen LogP contribution in [0.2, 0.25) is 0 Å². The van der Waals surface area contributed by atoms with Crippen molar-refractivity contribution in [3.63, 3.8) is 0 Å². The topological polar surface area (TPSA) is 35.2 Å². The summed E-state index contributed by atoms with van der Waals surface area (Å²) in [7, 11) is 0. The van der Waals surface area contributed by atoms with E-state index in [4.69, 9.17) is 10.5 Å². The molecule has 98 valence electrons. The van der Waals surface area contributed by atoms with E-state index in [1.807, 2.05) is 0 Å². The molecule has 1 unspecified atom stereocenters. The van der Waals surface area contributed by atoms with Gasteiger partial charge in [-0.3, -0.25) is 0 Å². The average molecular weight is 253 g/mol. The van der Waals surface area contributed by atoms with Crippen LogP contribution in [0, 0.1) is 6.92 Å². The van der Waals surface area contributed by atoms with Crippen molar-refractivity contribution in [3.8, 4) is 5.75 Å². The Morgan fingerprint density at radius 3 is 2.58 bits per heavy atom. The van der Waals surface area contributed by atoms with Gasteiger partial charge >= 0.3 is 0 Å². The van der Waals surface area contributed by atoms with Gasteiger partial charge in [0.2, 0.25) is 0 Å². The summed E-state index contributed by atoms with van der Waals surface area (Å²) in [5, 5.41) is 0. The predicted octanol–water partition coefficient (Wildman–Crippen LogP) is 3.37. The fourth-order valence-electron chi connectivity index (χ4n) is 2.54. The van der Waals surface area contributed by atoms with Gasteiger partial charge in [0.05, 0.1) is 12.6 Å². The van der Waals surface area contributed by atoms with Crippen molar-refractivity contribution in [3.05, 3.63) is 64.7 Å². The van der Waals surface area contributed by atoms with Crippen molar-refractivity contribution in [2.45, 2.75) is 25.8 Å². The van der Waals surface area contributed by atoms with E-state index in [1.54, 1.807) is 0 Å². The summed E-state index contributed by atoms with van der Waals surface area (Å²) >= 11 is 0. The van der Waals surface area contributed by atoms with Crippen LogP contribution >= 0.6 is 0 Å². The van der Waals surface area contributed by atoms with Gasteiger partial charge in [0.25, 0.3) is 0 Å². The molecule has 0 bridgehead atoms. The highest BCUT2D eigenvalue weighted by atomic mass is 16.5. The Balaban J connectivity index is 1.91. The minimum atomic E-state index is -0.0622. The van der Waals surface area contributed by atoms with Crippen molar-refractivity contribution in [2.75, 3.05) is 6.61 Å². The molecule has 0 aromatic heterocycles. The average Bonchev–Trinajstić information content (AvgIpc) is 2.47. The lowest BCUT2D eigenvalue weighted by atomic mass is 9.95. The third kappa shape index (κ3) is 2.49. The molecule has 19 heavy (non-hydrogen) atoms. The quantitative estimate of drug-likeness (QED) is 0.890. The smallest absolute Gasteiger partial charge is 0.122 e. The number of rotatable bonds is 2. The monoisotopic (exact) mass is 253 g/mol. The van der Waals surface area contributed by atoms with Crippen LogP contribution in [0.1, 0.15) is 34.7 Å². The number of benzene rings is 2. The van der Waals surface area contributed by atoms with Crippen LogP contribution in [0.5, 0.6) is 5.75 Å². The molecule has 0 saturated heterocycles.